The van der Waals surface area contributed by atoms with Crippen molar-refractivity contribution in [3.05, 3.63) is 49.4 Å². The van der Waals surface area contributed by atoms with Crippen LogP contribution >= 0.6 is 45.9 Å². The molecule has 25 heavy (non-hydrogen) atoms. The van der Waals surface area contributed by atoms with Crippen LogP contribution in [0.1, 0.15) is 22.2 Å². The summed E-state index contributed by atoms with van der Waals surface area (Å²) in [6.45, 7) is 4.54. The minimum Gasteiger partial charge on any atom is -0.494 e. The molecule has 0 saturated heterocycles. The van der Waals surface area contributed by atoms with Crippen LogP contribution in [0, 0.1) is 6.92 Å². The summed E-state index contributed by atoms with van der Waals surface area (Å²) >= 11 is 14.5. The highest BCUT2D eigenvalue weighted by molar-refractivity contribution is 7.20. The number of benzene rings is 1. The third kappa shape index (κ3) is 4.15. The van der Waals surface area contributed by atoms with Gasteiger partial charge in [0.1, 0.15) is 10.1 Å². The zero-order chi connectivity index (χ0) is 18.0. The van der Waals surface area contributed by atoms with Crippen molar-refractivity contribution in [1.82, 2.24) is 4.98 Å². The summed E-state index contributed by atoms with van der Waals surface area (Å²) in [4.78, 5) is 17.9. The maximum absolute atomic E-state index is 12.3. The van der Waals surface area contributed by atoms with Crippen LogP contribution in [-0.4, -0.2) is 17.5 Å². The van der Waals surface area contributed by atoms with Crippen molar-refractivity contribution in [2.75, 3.05) is 11.9 Å². The molecule has 130 valence electrons. The fourth-order valence-corrected chi connectivity index (χ4v) is 4.54. The number of thiophene rings is 1. The van der Waals surface area contributed by atoms with E-state index in [1.165, 1.54) is 11.3 Å². The first-order valence-corrected chi connectivity index (χ1v) is 9.83. The summed E-state index contributed by atoms with van der Waals surface area (Å²) in [5, 5.41) is 3.30. The van der Waals surface area contributed by atoms with Crippen molar-refractivity contribution >= 4 is 56.9 Å². The maximum Gasteiger partial charge on any atom is 0.259 e. The van der Waals surface area contributed by atoms with Crippen LogP contribution in [0.25, 0.3) is 11.3 Å². The van der Waals surface area contributed by atoms with Gasteiger partial charge in [-0.05, 0) is 44.2 Å². The molecular formula is C17H14Cl2N2O2S2. The highest BCUT2D eigenvalue weighted by Gasteiger charge is 2.17. The maximum atomic E-state index is 12.3. The molecule has 0 unspecified atom stereocenters. The Morgan fingerprint density at radius 3 is 2.56 bits per heavy atom. The van der Waals surface area contributed by atoms with Crippen molar-refractivity contribution < 1.29 is 9.53 Å². The number of carbonyl (C=O) groups excluding carboxylic acids is 1. The molecule has 8 heteroatoms. The summed E-state index contributed by atoms with van der Waals surface area (Å²) in [5.74, 6) is 0.497. The van der Waals surface area contributed by atoms with Crippen LogP contribution in [0.2, 0.25) is 8.67 Å². The molecule has 2 aromatic heterocycles. The summed E-state index contributed by atoms with van der Waals surface area (Å²) < 4.78 is 6.29. The molecule has 2 heterocycles. The minimum atomic E-state index is -0.319. The molecule has 0 radical (unpaired) electrons. The zero-order valence-electron chi connectivity index (χ0n) is 13.4. The SMILES string of the molecule is CCOc1ccc(-c2nc(NC(=O)c3cc(Cl)sc3Cl)sc2C)cc1. The van der Waals surface area contributed by atoms with Gasteiger partial charge in [-0.1, -0.05) is 23.2 Å². The average Bonchev–Trinajstić information content (AvgIpc) is 3.10. The minimum absolute atomic E-state index is 0.319. The summed E-state index contributed by atoms with van der Waals surface area (Å²) in [7, 11) is 0. The number of nitrogens with zero attached hydrogens (tertiary/aromatic N) is 1. The number of ether oxygens (including phenoxy) is 1. The predicted molar refractivity (Wildman–Crippen MR) is 106 cm³/mol. The third-order valence-electron chi connectivity index (χ3n) is 3.36. The lowest BCUT2D eigenvalue weighted by molar-refractivity contribution is 0.102. The quantitative estimate of drug-likeness (QED) is 0.547. The van der Waals surface area contributed by atoms with Crippen molar-refractivity contribution in [3.8, 4) is 17.0 Å². The largest absolute Gasteiger partial charge is 0.494 e. The smallest absolute Gasteiger partial charge is 0.259 e. The fraction of sp³-hybridized carbons (Fsp3) is 0.176. The number of nitrogens with one attached hydrogen (secondary N) is 1. The molecule has 0 fully saturated rings. The van der Waals surface area contributed by atoms with Gasteiger partial charge in [-0.2, -0.15) is 0 Å². The standard InChI is InChI=1S/C17H14Cl2N2O2S2/c1-3-23-11-6-4-10(5-7-11)14-9(2)24-17(20-14)21-16(22)12-8-13(18)25-15(12)19/h4-8H,3H2,1-2H3,(H,20,21,22). The van der Waals surface area contributed by atoms with Crippen LogP contribution < -0.4 is 10.1 Å². The Hall–Kier alpha value is -1.60. The molecule has 0 spiro atoms. The van der Waals surface area contributed by atoms with Gasteiger partial charge in [0.15, 0.2) is 5.13 Å². The normalized spacial score (nSPS) is 10.7. The molecule has 1 aromatic carbocycles. The van der Waals surface area contributed by atoms with E-state index in [0.29, 0.717) is 26.0 Å². The molecule has 0 atom stereocenters. The molecular weight excluding hydrogens is 399 g/mol. The molecule has 0 bridgehead atoms. The number of amides is 1. The Bertz CT molecular complexity index is 904. The van der Waals surface area contributed by atoms with Crippen LogP contribution in [0.3, 0.4) is 0 Å². The lowest BCUT2D eigenvalue weighted by Crippen LogP contribution is -2.11. The number of rotatable bonds is 5. The van der Waals surface area contributed by atoms with Crippen molar-refractivity contribution in [2.24, 2.45) is 0 Å². The van der Waals surface area contributed by atoms with Crippen LogP contribution in [-0.2, 0) is 0 Å². The van der Waals surface area contributed by atoms with Crippen molar-refractivity contribution in [1.29, 1.82) is 0 Å². The summed E-state index contributed by atoms with van der Waals surface area (Å²) in [6, 6.07) is 9.27. The fourth-order valence-electron chi connectivity index (χ4n) is 2.25. The number of thiazole rings is 1. The predicted octanol–water partition coefficient (Wildman–Crippen LogP) is 6.14. The highest BCUT2D eigenvalue weighted by atomic mass is 35.5. The van der Waals surface area contributed by atoms with Crippen LogP contribution in [0.15, 0.2) is 30.3 Å². The molecule has 1 N–H and O–H groups in total. The second kappa shape index (κ2) is 7.74. The molecule has 0 aliphatic carbocycles. The molecule has 0 saturated carbocycles. The number of carbonyl (C=O) groups is 1. The topological polar surface area (TPSA) is 51.2 Å². The molecule has 3 rings (SSSR count). The first-order chi connectivity index (χ1) is 12.0. The van der Waals surface area contributed by atoms with Crippen LogP contribution in [0.4, 0.5) is 5.13 Å². The molecule has 1 amide bonds. The van der Waals surface area contributed by atoms with Crippen molar-refractivity contribution in [2.45, 2.75) is 13.8 Å². The number of aryl methyl sites for hydroxylation is 1. The van der Waals surface area contributed by atoms with E-state index in [4.69, 9.17) is 27.9 Å². The molecule has 3 aromatic rings. The Balaban J connectivity index is 1.80. The summed E-state index contributed by atoms with van der Waals surface area (Å²) in [6.07, 6.45) is 0. The molecule has 0 aliphatic heterocycles. The second-order valence-electron chi connectivity index (χ2n) is 5.07. The average molecular weight is 413 g/mol. The van der Waals surface area contributed by atoms with Gasteiger partial charge in [0.25, 0.3) is 5.91 Å². The van der Waals surface area contributed by atoms with E-state index >= 15 is 0 Å². The van der Waals surface area contributed by atoms with E-state index in [1.54, 1.807) is 6.07 Å². The Labute approximate surface area is 163 Å². The lowest BCUT2D eigenvalue weighted by Gasteiger charge is -2.04. The number of hydrogen-bond donors (Lipinski definition) is 1. The lowest BCUT2D eigenvalue weighted by atomic mass is 10.1. The van der Waals surface area contributed by atoms with E-state index in [-0.39, 0.29) is 5.91 Å². The zero-order valence-corrected chi connectivity index (χ0v) is 16.6. The Morgan fingerprint density at radius 2 is 1.96 bits per heavy atom. The Morgan fingerprint density at radius 1 is 1.24 bits per heavy atom. The van der Waals surface area contributed by atoms with Crippen molar-refractivity contribution in [3.63, 3.8) is 0 Å². The van der Waals surface area contributed by atoms with Gasteiger partial charge in [0.2, 0.25) is 0 Å². The van der Waals surface area contributed by atoms with E-state index < -0.39 is 0 Å². The van der Waals surface area contributed by atoms with Gasteiger partial charge < -0.3 is 4.74 Å². The van der Waals surface area contributed by atoms with E-state index in [0.717, 1.165) is 33.2 Å². The monoisotopic (exact) mass is 412 g/mol. The van der Waals surface area contributed by atoms with Gasteiger partial charge in [-0.25, -0.2) is 4.98 Å². The third-order valence-corrected chi connectivity index (χ3v) is 5.73. The Kier molecular flexibility index (Phi) is 5.64. The van der Waals surface area contributed by atoms with E-state index in [1.807, 2.05) is 38.1 Å². The molecule has 4 nitrogen and oxygen atoms in total. The number of hydrogen-bond acceptors (Lipinski definition) is 5. The first-order valence-electron chi connectivity index (χ1n) is 7.44. The van der Waals surface area contributed by atoms with Gasteiger partial charge in [0, 0.05) is 10.4 Å². The second-order valence-corrected chi connectivity index (χ2v) is 8.56. The van der Waals surface area contributed by atoms with Gasteiger partial charge >= 0.3 is 0 Å². The van der Waals surface area contributed by atoms with E-state index in [9.17, 15) is 4.79 Å². The number of halogens is 2. The number of anilines is 1. The first kappa shape index (κ1) is 18.2. The number of aromatic nitrogens is 1. The van der Waals surface area contributed by atoms with Crippen LogP contribution in [0.5, 0.6) is 5.75 Å². The highest BCUT2D eigenvalue weighted by Crippen LogP contribution is 2.34. The van der Waals surface area contributed by atoms with E-state index in [2.05, 4.69) is 10.3 Å². The van der Waals surface area contributed by atoms with Gasteiger partial charge in [-0.3, -0.25) is 10.1 Å². The summed E-state index contributed by atoms with van der Waals surface area (Å²) in [5.41, 5.74) is 2.15. The van der Waals surface area contributed by atoms with Gasteiger partial charge in [0.05, 0.1) is 22.2 Å². The van der Waals surface area contributed by atoms with Gasteiger partial charge in [-0.15, -0.1) is 22.7 Å². The molecule has 0 aliphatic rings.